The number of halogens is 2. The van der Waals surface area contributed by atoms with Gasteiger partial charge in [0.25, 0.3) is 5.69 Å². The van der Waals surface area contributed by atoms with Crippen LogP contribution in [0.15, 0.2) is 68.3 Å². The van der Waals surface area contributed by atoms with E-state index in [9.17, 15) is 18.9 Å². The van der Waals surface area contributed by atoms with E-state index in [0.29, 0.717) is 21.6 Å². The molecule has 2 aromatic rings. The zero-order valence-electron chi connectivity index (χ0n) is 20.1. The Hall–Kier alpha value is -3.38. The lowest BCUT2D eigenvalue weighted by atomic mass is 9.91. The Kier molecular flexibility index (Phi) is 7.79. The number of nitrogen functional groups attached to an aromatic ring is 1. The van der Waals surface area contributed by atoms with E-state index in [1.807, 2.05) is 26.8 Å². The highest BCUT2D eigenvalue weighted by Gasteiger charge is 2.32. The highest BCUT2D eigenvalue weighted by Crippen LogP contribution is 2.39. The Morgan fingerprint density at radius 3 is 1.72 bits per heavy atom. The molecule has 0 bridgehead atoms. The van der Waals surface area contributed by atoms with Crippen molar-refractivity contribution >= 4 is 45.2 Å². The maximum atomic E-state index is 13.9. The number of nitrogens with two attached hydrogens (primary N) is 3. The number of non-ortho nitro benzene ring substituents is 1. The first-order valence-electron chi connectivity index (χ1n) is 10.7. The molecule has 12 heteroatoms. The average molecular weight is 533 g/mol. The fourth-order valence-electron chi connectivity index (χ4n) is 3.97. The van der Waals surface area contributed by atoms with Gasteiger partial charge in [-0.2, -0.15) is 0 Å². The number of anilines is 1. The lowest BCUT2D eigenvalue weighted by Gasteiger charge is -2.27. The van der Waals surface area contributed by atoms with Crippen LogP contribution in [0, 0.1) is 21.7 Å². The van der Waals surface area contributed by atoms with Crippen LogP contribution in [0.3, 0.4) is 0 Å². The molecule has 6 N–H and O–H groups in total. The van der Waals surface area contributed by atoms with Crippen molar-refractivity contribution in [3.05, 3.63) is 91.2 Å². The van der Waals surface area contributed by atoms with Gasteiger partial charge >= 0.3 is 0 Å². The SMILES string of the molecule is CC1=C[C@@](C)(c2cc(N)ccc2F)N=C(N)S1.CC1=C[C@@](C)(c2cc([N+](=O)[O-])ccc2F)N=C(N)S1. The molecule has 2 aromatic carbocycles. The zero-order chi connectivity index (χ0) is 26.8. The van der Waals surface area contributed by atoms with E-state index < -0.39 is 21.8 Å². The second-order valence-corrected chi connectivity index (χ2v) is 11.1. The van der Waals surface area contributed by atoms with Crippen LogP contribution in [0.2, 0.25) is 0 Å². The van der Waals surface area contributed by atoms with Crippen molar-refractivity contribution in [3.8, 4) is 0 Å². The monoisotopic (exact) mass is 532 g/mol. The summed E-state index contributed by atoms with van der Waals surface area (Å²) in [6, 6.07) is 7.90. The van der Waals surface area contributed by atoms with Crippen LogP contribution in [-0.4, -0.2) is 15.3 Å². The molecule has 0 saturated heterocycles. The molecule has 0 aromatic heterocycles. The number of rotatable bonds is 3. The second-order valence-electron chi connectivity index (χ2n) is 8.57. The van der Waals surface area contributed by atoms with Crippen molar-refractivity contribution in [2.75, 3.05) is 5.73 Å². The summed E-state index contributed by atoms with van der Waals surface area (Å²) in [5, 5.41) is 11.5. The Bertz CT molecular complexity index is 1300. The molecule has 0 amide bonds. The summed E-state index contributed by atoms with van der Waals surface area (Å²) in [4.78, 5) is 20.6. The number of benzene rings is 2. The number of nitrogens with zero attached hydrogens (tertiary/aromatic N) is 3. The molecule has 0 fully saturated rings. The van der Waals surface area contributed by atoms with E-state index in [1.165, 1.54) is 41.7 Å². The first-order valence-corrected chi connectivity index (χ1v) is 12.3. The molecular weight excluding hydrogens is 506 g/mol. The van der Waals surface area contributed by atoms with Crippen LogP contribution >= 0.6 is 23.5 Å². The van der Waals surface area contributed by atoms with Gasteiger partial charge in [0.15, 0.2) is 10.3 Å². The Morgan fingerprint density at radius 2 is 1.28 bits per heavy atom. The van der Waals surface area contributed by atoms with Crippen molar-refractivity contribution in [3.63, 3.8) is 0 Å². The third-order valence-corrected chi connectivity index (χ3v) is 6.91. The van der Waals surface area contributed by atoms with E-state index in [4.69, 9.17) is 17.2 Å². The molecule has 4 rings (SSSR count). The van der Waals surface area contributed by atoms with Crippen molar-refractivity contribution in [1.82, 2.24) is 0 Å². The standard InChI is InChI=1S/C12H12FN3O2S.C12H14FN3S/c1-7-6-12(2,15-11(14)19-7)9-5-8(16(17)18)3-4-10(9)13;1-7-6-12(2,16-11(15)17-7)9-5-8(14)3-4-10(9)13/h3-6H,1-2H3,(H2,14,15);3-6H,14H2,1-2H3,(H2,15,16)/t2*12-/m00/s1. The van der Waals surface area contributed by atoms with E-state index >= 15 is 0 Å². The Morgan fingerprint density at radius 1 is 0.833 bits per heavy atom. The lowest BCUT2D eigenvalue weighted by molar-refractivity contribution is -0.385. The molecule has 2 aliphatic heterocycles. The van der Waals surface area contributed by atoms with E-state index in [1.54, 1.807) is 19.1 Å². The number of thioether (sulfide) groups is 2. The maximum absolute atomic E-state index is 13.9. The summed E-state index contributed by atoms with van der Waals surface area (Å²) in [5.41, 5.74) is 16.3. The van der Waals surface area contributed by atoms with Gasteiger partial charge in [-0.15, -0.1) is 0 Å². The molecule has 2 heterocycles. The van der Waals surface area contributed by atoms with Crippen LogP contribution in [0.1, 0.15) is 38.8 Å². The van der Waals surface area contributed by atoms with Gasteiger partial charge in [-0.05, 0) is 73.9 Å². The molecule has 8 nitrogen and oxygen atoms in total. The van der Waals surface area contributed by atoms with Crippen LogP contribution in [0.25, 0.3) is 0 Å². The van der Waals surface area contributed by atoms with Gasteiger partial charge in [0.05, 0.1) is 4.92 Å². The van der Waals surface area contributed by atoms with Crippen LogP contribution in [-0.2, 0) is 11.1 Å². The number of nitro benzene ring substituents is 1. The molecule has 0 spiro atoms. The van der Waals surface area contributed by atoms with Gasteiger partial charge in [-0.25, -0.2) is 18.8 Å². The number of amidine groups is 2. The number of hydrogen-bond donors (Lipinski definition) is 3. The third-order valence-electron chi connectivity index (χ3n) is 5.43. The third kappa shape index (κ3) is 6.05. The van der Waals surface area contributed by atoms with Crippen molar-refractivity contribution in [2.24, 2.45) is 21.5 Å². The molecular formula is C24H26F2N6O2S2. The molecule has 2 aliphatic rings. The maximum Gasteiger partial charge on any atom is 0.270 e. The summed E-state index contributed by atoms with van der Waals surface area (Å²) in [5.74, 6) is -0.866. The molecule has 2 atom stereocenters. The van der Waals surface area contributed by atoms with Crippen LogP contribution in [0.5, 0.6) is 0 Å². The van der Waals surface area contributed by atoms with Crippen molar-refractivity contribution in [2.45, 2.75) is 38.8 Å². The predicted octanol–water partition coefficient (Wildman–Crippen LogP) is 5.50. The Labute approximate surface area is 216 Å². The largest absolute Gasteiger partial charge is 0.399 e. The van der Waals surface area contributed by atoms with Crippen molar-refractivity contribution in [1.29, 1.82) is 0 Å². The minimum absolute atomic E-state index is 0.143. The molecule has 0 aliphatic carbocycles. The van der Waals surface area contributed by atoms with Gasteiger partial charge in [0, 0.05) is 28.9 Å². The average Bonchev–Trinajstić information content (AvgIpc) is 2.74. The number of aliphatic imine (C=N–C) groups is 2. The summed E-state index contributed by atoms with van der Waals surface area (Å²) in [6.07, 6.45) is 3.64. The highest BCUT2D eigenvalue weighted by molar-refractivity contribution is 8.17. The quantitative estimate of drug-likeness (QED) is 0.269. The van der Waals surface area contributed by atoms with E-state index in [0.717, 1.165) is 21.9 Å². The molecule has 0 saturated carbocycles. The zero-order valence-corrected chi connectivity index (χ0v) is 21.7. The fraction of sp³-hybridized carbons (Fsp3) is 0.250. The summed E-state index contributed by atoms with van der Waals surface area (Å²) >= 11 is 2.67. The number of allylic oxidation sites excluding steroid dienone is 2. The normalized spacial score (nSPS) is 23.4. The lowest BCUT2D eigenvalue weighted by Crippen LogP contribution is -2.26. The van der Waals surface area contributed by atoms with E-state index in [-0.39, 0.29) is 17.1 Å². The van der Waals surface area contributed by atoms with Gasteiger partial charge in [-0.1, -0.05) is 23.5 Å². The summed E-state index contributed by atoms with van der Waals surface area (Å²) in [6.45, 7) is 7.25. The Balaban J connectivity index is 0.000000202. The first kappa shape index (κ1) is 27.2. The molecule has 0 unspecified atom stereocenters. The predicted molar refractivity (Wildman–Crippen MR) is 145 cm³/mol. The van der Waals surface area contributed by atoms with Crippen LogP contribution < -0.4 is 17.2 Å². The smallest absolute Gasteiger partial charge is 0.270 e. The highest BCUT2D eigenvalue weighted by atomic mass is 32.2. The minimum atomic E-state index is -1.02. The van der Waals surface area contributed by atoms with Gasteiger partial charge in [-0.3, -0.25) is 10.1 Å². The first-order chi connectivity index (χ1) is 16.7. The summed E-state index contributed by atoms with van der Waals surface area (Å²) in [7, 11) is 0. The summed E-state index contributed by atoms with van der Waals surface area (Å²) < 4.78 is 27.8. The van der Waals surface area contributed by atoms with Crippen molar-refractivity contribution < 1.29 is 13.7 Å². The van der Waals surface area contributed by atoms with Gasteiger partial charge < -0.3 is 17.2 Å². The number of nitro groups is 1. The topological polar surface area (TPSA) is 146 Å². The minimum Gasteiger partial charge on any atom is -0.399 e. The van der Waals surface area contributed by atoms with Crippen LogP contribution in [0.4, 0.5) is 20.2 Å². The fourth-order valence-corrected chi connectivity index (χ4v) is 5.68. The van der Waals surface area contributed by atoms with Gasteiger partial charge in [0.1, 0.15) is 22.7 Å². The molecule has 190 valence electrons. The molecule has 36 heavy (non-hydrogen) atoms. The van der Waals surface area contributed by atoms with Gasteiger partial charge in [0.2, 0.25) is 0 Å². The second kappa shape index (κ2) is 10.3. The van der Waals surface area contributed by atoms with E-state index in [2.05, 4.69) is 9.98 Å². The molecule has 0 radical (unpaired) electrons. The number of hydrogen-bond acceptors (Lipinski definition) is 9.